The van der Waals surface area contributed by atoms with Crippen molar-refractivity contribution in [1.29, 1.82) is 0 Å². The van der Waals surface area contributed by atoms with Crippen LogP contribution < -0.4 is 10.6 Å². The highest BCUT2D eigenvalue weighted by molar-refractivity contribution is 7.91. The van der Waals surface area contributed by atoms with E-state index in [1.807, 2.05) is 0 Å². The minimum absolute atomic E-state index is 0.162. The van der Waals surface area contributed by atoms with Gasteiger partial charge in [-0.25, -0.2) is 8.42 Å². The molecule has 1 fully saturated rings. The Kier molecular flexibility index (Phi) is 4.38. The van der Waals surface area contributed by atoms with Crippen molar-refractivity contribution in [2.75, 3.05) is 25.1 Å². The van der Waals surface area contributed by atoms with E-state index in [1.165, 1.54) is 12.8 Å². The third-order valence-electron chi connectivity index (χ3n) is 2.29. The van der Waals surface area contributed by atoms with Crippen molar-refractivity contribution in [1.82, 2.24) is 10.6 Å². The first-order valence-corrected chi connectivity index (χ1v) is 7.07. The number of rotatable bonds is 5. The van der Waals surface area contributed by atoms with Crippen molar-refractivity contribution in [2.45, 2.75) is 25.8 Å². The number of hydrogen-bond acceptors (Lipinski definition) is 3. The summed E-state index contributed by atoms with van der Waals surface area (Å²) in [5.74, 6) is 1.06. The second-order valence-corrected chi connectivity index (χ2v) is 6.13. The van der Waals surface area contributed by atoms with Gasteiger partial charge in [-0.2, -0.15) is 0 Å². The number of aliphatic imine (C=N–C) groups is 1. The topological polar surface area (TPSA) is 70.6 Å². The average Bonchev–Trinajstić information content (AvgIpc) is 3.00. The molecule has 1 aliphatic carbocycles. The molecule has 6 heteroatoms. The van der Waals surface area contributed by atoms with Crippen LogP contribution in [0.4, 0.5) is 0 Å². The molecule has 0 aromatic rings. The Bertz CT molecular complexity index is 320. The lowest BCUT2D eigenvalue weighted by Gasteiger charge is -2.10. The van der Waals surface area contributed by atoms with Crippen molar-refractivity contribution in [3.05, 3.63) is 0 Å². The normalized spacial score (nSPS) is 17.6. The SMILES string of the molecule is CCS(=O)(=O)CCNC(=NC)NC1CC1. The van der Waals surface area contributed by atoms with Crippen LogP contribution >= 0.6 is 0 Å². The molecule has 0 bridgehead atoms. The molecule has 1 saturated carbocycles. The fraction of sp³-hybridized carbons (Fsp3) is 0.889. The fourth-order valence-electron chi connectivity index (χ4n) is 1.08. The van der Waals surface area contributed by atoms with Crippen molar-refractivity contribution in [2.24, 2.45) is 4.99 Å². The van der Waals surface area contributed by atoms with Crippen LogP contribution in [0, 0.1) is 0 Å². The van der Waals surface area contributed by atoms with Gasteiger partial charge in [0.2, 0.25) is 0 Å². The van der Waals surface area contributed by atoms with E-state index in [1.54, 1.807) is 14.0 Å². The maximum absolute atomic E-state index is 11.2. The molecular weight excluding hydrogens is 214 g/mol. The van der Waals surface area contributed by atoms with Crippen LogP contribution in [0.2, 0.25) is 0 Å². The van der Waals surface area contributed by atoms with Gasteiger partial charge in [0.15, 0.2) is 15.8 Å². The van der Waals surface area contributed by atoms with Crippen molar-refractivity contribution < 1.29 is 8.42 Å². The first-order valence-electron chi connectivity index (χ1n) is 5.25. The van der Waals surface area contributed by atoms with Crippen LogP contribution in [0.1, 0.15) is 19.8 Å². The molecule has 1 rings (SSSR count). The third kappa shape index (κ3) is 5.01. The van der Waals surface area contributed by atoms with Crippen molar-refractivity contribution >= 4 is 15.8 Å². The van der Waals surface area contributed by atoms with E-state index in [0.717, 1.165) is 0 Å². The maximum atomic E-state index is 11.2. The Morgan fingerprint density at radius 2 is 2.13 bits per heavy atom. The predicted octanol–water partition coefficient (Wildman–Crippen LogP) is -0.251. The molecule has 0 atom stereocenters. The first kappa shape index (κ1) is 12.3. The molecule has 5 nitrogen and oxygen atoms in total. The van der Waals surface area contributed by atoms with E-state index in [2.05, 4.69) is 15.6 Å². The highest BCUT2D eigenvalue weighted by atomic mass is 32.2. The minimum atomic E-state index is -2.88. The number of nitrogens with zero attached hydrogens (tertiary/aromatic N) is 1. The zero-order chi connectivity index (χ0) is 11.3. The number of guanidine groups is 1. The molecule has 0 amide bonds. The summed E-state index contributed by atoms with van der Waals surface area (Å²) in [5, 5.41) is 6.18. The van der Waals surface area contributed by atoms with Crippen molar-refractivity contribution in [3.63, 3.8) is 0 Å². The molecule has 0 aromatic heterocycles. The Morgan fingerprint density at radius 3 is 2.60 bits per heavy atom. The van der Waals surface area contributed by atoms with Gasteiger partial charge >= 0.3 is 0 Å². The lowest BCUT2D eigenvalue weighted by molar-refractivity contribution is 0.595. The summed E-state index contributed by atoms with van der Waals surface area (Å²) in [5.41, 5.74) is 0. The number of sulfone groups is 1. The van der Waals surface area contributed by atoms with E-state index in [-0.39, 0.29) is 11.5 Å². The van der Waals surface area contributed by atoms with Gasteiger partial charge in [0.25, 0.3) is 0 Å². The van der Waals surface area contributed by atoms with Gasteiger partial charge in [-0.3, -0.25) is 4.99 Å². The summed E-state index contributed by atoms with van der Waals surface area (Å²) in [6.45, 7) is 2.08. The van der Waals surface area contributed by atoms with Crippen LogP contribution in [0.5, 0.6) is 0 Å². The van der Waals surface area contributed by atoms with Gasteiger partial charge in [0.05, 0.1) is 5.75 Å². The second kappa shape index (κ2) is 5.34. The van der Waals surface area contributed by atoms with Crippen LogP contribution in [-0.2, 0) is 9.84 Å². The molecule has 1 aliphatic rings. The highest BCUT2D eigenvalue weighted by Crippen LogP contribution is 2.18. The highest BCUT2D eigenvalue weighted by Gasteiger charge is 2.22. The van der Waals surface area contributed by atoms with Crippen LogP contribution in [0.3, 0.4) is 0 Å². The summed E-state index contributed by atoms with van der Waals surface area (Å²) in [4.78, 5) is 4.01. The molecule has 0 aromatic carbocycles. The smallest absolute Gasteiger partial charge is 0.191 e. The summed E-state index contributed by atoms with van der Waals surface area (Å²) in [7, 11) is -1.19. The zero-order valence-corrected chi connectivity index (χ0v) is 10.1. The molecule has 0 saturated heterocycles. The van der Waals surface area contributed by atoms with E-state index < -0.39 is 9.84 Å². The lowest BCUT2D eigenvalue weighted by Crippen LogP contribution is -2.40. The van der Waals surface area contributed by atoms with Gasteiger partial charge < -0.3 is 10.6 Å². The molecule has 2 N–H and O–H groups in total. The van der Waals surface area contributed by atoms with Crippen LogP contribution in [0.25, 0.3) is 0 Å². The Hall–Kier alpha value is -0.780. The zero-order valence-electron chi connectivity index (χ0n) is 9.28. The summed E-state index contributed by atoms with van der Waals surface area (Å²) >= 11 is 0. The third-order valence-corrected chi connectivity index (χ3v) is 3.99. The molecule has 0 spiro atoms. The van der Waals surface area contributed by atoms with Gasteiger partial charge in [-0.1, -0.05) is 6.92 Å². The fourth-order valence-corrected chi connectivity index (χ4v) is 1.79. The van der Waals surface area contributed by atoms with Crippen molar-refractivity contribution in [3.8, 4) is 0 Å². The largest absolute Gasteiger partial charge is 0.355 e. The van der Waals surface area contributed by atoms with E-state index in [0.29, 0.717) is 18.5 Å². The standard InChI is InChI=1S/C9H19N3O2S/c1-3-15(13,14)7-6-11-9(10-2)12-8-4-5-8/h8H,3-7H2,1-2H3,(H2,10,11,12). The van der Waals surface area contributed by atoms with Crippen LogP contribution in [0.15, 0.2) is 4.99 Å². The molecule has 0 unspecified atom stereocenters. The van der Waals surface area contributed by atoms with Gasteiger partial charge in [0, 0.05) is 25.4 Å². The lowest BCUT2D eigenvalue weighted by atomic mass is 10.6. The number of hydrogen-bond donors (Lipinski definition) is 2. The maximum Gasteiger partial charge on any atom is 0.191 e. The summed E-state index contributed by atoms with van der Waals surface area (Å²) in [6, 6.07) is 0.527. The first-order chi connectivity index (χ1) is 7.07. The Labute approximate surface area is 91.3 Å². The average molecular weight is 233 g/mol. The van der Waals surface area contributed by atoms with Gasteiger partial charge in [-0.15, -0.1) is 0 Å². The van der Waals surface area contributed by atoms with Gasteiger partial charge in [0.1, 0.15) is 0 Å². The van der Waals surface area contributed by atoms with E-state index >= 15 is 0 Å². The van der Waals surface area contributed by atoms with E-state index in [4.69, 9.17) is 0 Å². The quantitative estimate of drug-likeness (QED) is 0.507. The molecule has 15 heavy (non-hydrogen) atoms. The Morgan fingerprint density at radius 1 is 1.47 bits per heavy atom. The molecule has 0 aliphatic heterocycles. The Balaban J connectivity index is 2.22. The van der Waals surface area contributed by atoms with Crippen LogP contribution in [-0.4, -0.2) is 45.5 Å². The molecule has 0 radical (unpaired) electrons. The number of nitrogens with one attached hydrogen (secondary N) is 2. The monoisotopic (exact) mass is 233 g/mol. The molecular formula is C9H19N3O2S. The summed E-state index contributed by atoms with van der Waals surface area (Å²) < 4.78 is 22.4. The second-order valence-electron chi connectivity index (χ2n) is 3.65. The van der Waals surface area contributed by atoms with Gasteiger partial charge in [-0.05, 0) is 12.8 Å². The van der Waals surface area contributed by atoms with E-state index in [9.17, 15) is 8.42 Å². The summed E-state index contributed by atoms with van der Waals surface area (Å²) in [6.07, 6.45) is 2.35. The molecule has 0 heterocycles. The predicted molar refractivity (Wildman–Crippen MR) is 61.8 cm³/mol. The minimum Gasteiger partial charge on any atom is -0.355 e. The molecule has 88 valence electrons.